The molecule has 1 aliphatic heterocycles. The third-order valence-corrected chi connectivity index (χ3v) is 3.99. The standard InChI is InChI=1S/C16H19NO5/c1-9-16(13(19)7-12(8-18)21-9)17-11-4-2-10-3-5-15(20)22-14(10)6-11/h2-6,9,12-13,16-19H,7-8H2,1H3. The van der Waals surface area contributed by atoms with Gasteiger partial charge < -0.3 is 24.7 Å². The number of hydrogen-bond donors (Lipinski definition) is 3. The Labute approximate surface area is 127 Å². The molecule has 4 unspecified atom stereocenters. The highest BCUT2D eigenvalue weighted by atomic mass is 16.5. The number of fused-ring (bicyclic) bond motifs is 1. The molecule has 22 heavy (non-hydrogen) atoms. The molecule has 6 heteroatoms. The lowest BCUT2D eigenvalue weighted by atomic mass is 9.96. The molecule has 1 aromatic carbocycles. The molecule has 1 aliphatic rings. The number of nitrogens with one attached hydrogen (secondary N) is 1. The first-order chi connectivity index (χ1) is 10.6. The van der Waals surface area contributed by atoms with Crippen LogP contribution in [0.3, 0.4) is 0 Å². The fraction of sp³-hybridized carbons (Fsp3) is 0.438. The first kappa shape index (κ1) is 15.0. The Hall–Kier alpha value is -1.89. The number of aliphatic hydroxyl groups excluding tert-OH is 2. The molecule has 1 fully saturated rings. The summed E-state index contributed by atoms with van der Waals surface area (Å²) in [5, 5.41) is 23.4. The normalized spacial score (nSPS) is 28.7. The molecule has 1 aromatic heterocycles. The van der Waals surface area contributed by atoms with Crippen molar-refractivity contribution < 1.29 is 19.4 Å². The van der Waals surface area contributed by atoms with Crippen LogP contribution < -0.4 is 10.9 Å². The molecule has 0 amide bonds. The van der Waals surface area contributed by atoms with E-state index in [9.17, 15) is 9.90 Å². The summed E-state index contributed by atoms with van der Waals surface area (Å²) in [6, 6.07) is 8.23. The van der Waals surface area contributed by atoms with E-state index in [1.165, 1.54) is 6.07 Å². The van der Waals surface area contributed by atoms with E-state index >= 15 is 0 Å². The number of anilines is 1. The van der Waals surface area contributed by atoms with Gasteiger partial charge in [0.2, 0.25) is 0 Å². The monoisotopic (exact) mass is 305 g/mol. The maximum Gasteiger partial charge on any atom is 0.336 e. The molecule has 0 aliphatic carbocycles. The zero-order chi connectivity index (χ0) is 15.7. The minimum Gasteiger partial charge on any atom is -0.423 e. The van der Waals surface area contributed by atoms with Crippen LogP contribution in [0.15, 0.2) is 39.5 Å². The Morgan fingerprint density at radius 1 is 1.32 bits per heavy atom. The molecular weight excluding hydrogens is 286 g/mol. The number of benzene rings is 1. The molecule has 3 N–H and O–H groups in total. The molecule has 0 bridgehead atoms. The van der Waals surface area contributed by atoms with Gasteiger partial charge in [-0.15, -0.1) is 0 Å². The van der Waals surface area contributed by atoms with Crippen LogP contribution >= 0.6 is 0 Å². The number of ether oxygens (including phenoxy) is 1. The first-order valence-corrected chi connectivity index (χ1v) is 7.31. The van der Waals surface area contributed by atoms with Gasteiger partial charge in [-0.05, 0) is 25.1 Å². The Morgan fingerprint density at radius 2 is 2.09 bits per heavy atom. The average Bonchev–Trinajstić information content (AvgIpc) is 2.50. The van der Waals surface area contributed by atoms with Gasteiger partial charge in [0, 0.05) is 29.6 Å². The topological polar surface area (TPSA) is 91.9 Å². The van der Waals surface area contributed by atoms with E-state index in [-0.39, 0.29) is 24.9 Å². The number of rotatable bonds is 3. The van der Waals surface area contributed by atoms with Crippen molar-refractivity contribution in [2.45, 2.75) is 37.7 Å². The molecule has 0 radical (unpaired) electrons. The fourth-order valence-electron chi connectivity index (χ4n) is 2.85. The van der Waals surface area contributed by atoms with E-state index in [1.807, 2.05) is 19.1 Å². The lowest BCUT2D eigenvalue weighted by molar-refractivity contribution is -0.111. The highest BCUT2D eigenvalue weighted by Gasteiger charge is 2.35. The molecule has 2 heterocycles. The maximum atomic E-state index is 11.3. The minimum atomic E-state index is -0.626. The zero-order valence-corrected chi connectivity index (χ0v) is 12.2. The zero-order valence-electron chi connectivity index (χ0n) is 12.2. The maximum absolute atomic E-state index is 11.3. The van der Waals surface area contributed by atoms with Crippen LogP contribution in [0.2, 0.25) is 0 Å². The van der Waals surface area contributed by atoms with Crippen LogP contribution in [0, 0.1) is 0 Å². The van der Waals surface area contributed by atoms with E-state index in [1.54, 1.807) is 12.1 Å². The van der Waals surface area contributed by atoms with Crippen molar-refractivity contribution in [2.75, 3.05) is 11.9 Å². The lowest BCUT2D eigenvalue weighted by Crippen LogP contribution is -2.51. The van der Waals surface area contributed by atoms with Crippen LogP contribution in [-0.2, 0) is 4.74 Å². The van der Waals surface area contributed by atoms with Crippen molar-refractivity contribution in [3.63, 3.8) is 0 Å². The van der Waals surface area contributed by atoms with Crippen LogP contribution in [-0.4, -0.2) is 41.2 Å². The van der Waals surface area contributed by atoms with E-state index < -0.39 is 11.7 Å². The number of aliphatic hydroxyl groups is 2. The Morgan fingerprint density at radius 3 is 2.82 bits per heavy atom. The third kappa shape index (κ3) is 2.99. The molecule has 0 saturated carbocycles. The van der Waals surface area contributed by atoms with Crippen molar-refractivity contribution in [2.24, 2.45) is 0 Å². The smallest absolute Gasteiger partial charge is 0.336 e. The van der Waals surface area contributed by atoms with Gasteiger partial charge in [0.1, 0.15) is 5.58 Å². The summed E-state index contributed by atoms with van der Waals surface area (Å²) in [6.07, 6.45) is -0.835. The van der Waals surface area contributed by atoms with Crippen LogP contribution in [0.4, 0.5) is 5.69 Å². The second kappa shape index (κ2) is 6.08. The van der Waals surface area contributed by atoms with Gasteiger partial charge in [0.15, 0.2) is 0 Å². The summed E-state index contributed by atoms with van der Waals surface area (Å²) < 4.78 is 10.8. The molecule has 1 saturated heterocycles. The summed E-state index contributed by atoms with van der Waals surface area (Å²) in [4.78, 5) is 11.3. The predicted octanol–water partition coefficient (Wildman–Crippen LogP) is 1.10. The van der Waals surface area contributed by atoms with Crippen LogP contribution in [0.25, 0.3) is 11.0 Å². The van der Waals surface area contributed by atoms with Gasteiger partial charge in [-0.2, -0.15) is 0 Å². The van der Waals surface area contributed by atoms with Gasteiger partial charge in [0.05, 0.1) is 31.0 Å². The molecule has 118 valence electrons. The molecule has 4 atom stereocenters. The summed E-state index contributed by atoms with van der Waals surface area (Å²) in [5.74, 6) is 0. The van der Waals surface area contributed by atoms with Crippen LogP contribution in [0.5, 0.6) is 0 Å². The van der Waals surface area contributed by atoms with Crippen molar-refractivity contribution in [3.8, 4) is 0 Å². The molecular formula is C16H19NO5. The largest absolute Gasteiger partial charge is 0.423 e. The minimum absolute atomic E-state index is 0.102. The van der Waals surface area contributed by atoms with Gasteiger partial charge in [-0.25, -0.2) is 4.79 Å². The molecule has 6 nitrogen and oxygen atoms in total. The highest BCUT2D eigenvalue weighted by Crippen LogP contribution is 2.25. The van der Waals surface area contributed by atoms with E-state index in [0.29, 0.717) is 12.0 Å². The van der Waals surface area contributed by atoms with Crippen molar-refractivity contribution >= 4 is 16.7 Å². The summed E-state index contributed by atoms with van der Waals surface area (Å²) in [6.45, 7) is 1.75. The quantitative estimate of drug-likeness (QED) is 0.736. The van der Waals surface area contributed by atoms with Crippen LogP contribution in [0.1, 0.15) is 13.3 Å². The van der Waals surface area contributed by atoms with Crippen molar-refractivity contribution in [1.29, 1.82) is 0 Å². The van der Waals surface area contributed by atoms with Gasteiger partial charge in [-0.1, -0.05) is 0 Å². The van der Waals surface area contributed by atoms with E-state index in [0.717, 1.165) is 11.1 Å². The van der Waals surface area contributed by atoms with E-state index in [2.05, 4.69) is 5.32 Å². The Bertz CT molecular complexity index is 701. The van der Waals surface area contributed by atoms with Gasteiger partial charge in [0.25, 0.3) is 0 Å². The predicted molar refractivity (Wildman–Crippen MR) is 81.9 cm³/mol. The van der Waals surface area contributed by atoms with E-state index in [4.69, 9.17) is 14.3 Å². The summed E-state index contributed by atoms with van der Waals surface area (Å²) in [7, 11) is 0. The Kier molecular flexibility index (Phi) is 4.15. The SMILES string of the molecule is CC1OC(CO)CC(O)C1Nc1ccc2ccc(=O)oc2c1. The highest BCUT2D eigenvalue weighted by molar-refractivity contribution is 5.80. The third-order valence-electron chi connectivity index (χ3n) is 3.99. The molecule has 0 spiro atoms. The van der Waals surface area contributed by atoms with Crippen molar-refractivity contribution in [3.05, 3.63) is 40.8 Å². The molecule has 2 aromatic rings. The fourth-order valence-corrected chi connectivity index (χ4v) is 2.85. The lowest BCUT2D eigenvalue weighted by Gasteiger charge is -2.38. The summed E-state index contributed by atoms with van der Waals surface area (Å²) >= 11 is 0. The molecule has 3 rings (SSSR count). The average molecular weight is 305 g/mol. The first-order valence-electron chi connectivity index (χ1n) is 7.31. The second-order valence-corrected chi connectivity index (χ2v) is 5.63. The Balaban J connectivity index is 1.81. The summed E-state index contributed by atoms with van der Waals surface area (Å²) in [5.41, 5.74) is 0.832. The van der Waals surface area contributed by atoms with Crippen molar-refractivity contribution in [1.82, 2.24) is 0 Å². The van der Waals surface area contributed by atoms with Gasteiger partial charge >= 0.3 is 5.63 Å². The second-order valence-electron chi connectivity index (χ2n) is 5.63. The van der Waals surface area contributed by atoms with Gasteiger partial charge in [-0.3, -0.25) is 0 Å². The number of hydrogen-bond acceptors (Lipinski definition) is 6.